The number of hydrogen-bond acceptors (Lipinski definition) is 3. The van der Waals surface area contributed by atoms with E-state index in [-0.39, 0.29) is 17.6 Å². The van der Waals surface area contributed by atoms with Crippen molar-refractivity contribution in [2.45, 2.75) is 26.7 Å². The zero-order valence-corrected chi connectivity index (χ0v) is 14.2. The zero-order chi connectivity index (χ0) is 17.1. The van der Waals surface area contributed by atoms with Crippen molar-refractivity contribution < 1.29 is 9.59 Å². The van der Waals surface area contributed by atoms with Crippen LogP contribution in [0.15, 0.2) is 42.7 Å². The number of nitrogens with zero attached hydrogens (tertiary/aromatic N) is 2. The molecule has 2 aromatic rings. The van der Waals surface area contributed by atoms with Crippen molar-refractivity contribution in [2.75, 3.05) is 13.1 Å². The van der Waals surface area contributed by atoms with E-state index in [2.05, 4.69) is 4.98 Å². The van der Waals surface area contributed by atoms with Crippen LogP contribution < -0.4 is 0 Å². The highest BCUT2D eigenvalue weighted by atomic mass is 16.2. The van der Waals surface area contributed by atoms with Gasteiger partial charge in [-0.2, -0.15) is 0 Å². The number of ketones is 1. The number of likely N-dealkylation sites (tertiary alicyclic amines) is 1. The van der Waals surface area contributed by atoms with Crippen molar-refractivity contribution in [2.24, 2.45) is 5.92 Å². The summed E-state index contributed by atoms with van der Waals surface area (Å²) < 4.78 is 0. The van der Waals surface area contributed by atoms with Crippen LogP contribution in [0.4, 0.5) is 0 Å². The Morgan fingerprint density at radius 1 is 1.04 bits per heavy atom. The van der Waals surface area contributed by atoms with Gasteiger partial charge in [0, 0.05) is 42.5 Å². The van der Waals surface area contributed by atoms with E-state index in [0.717, 1.165) is 29.5 Å². The van der Waals surface area contributed by atoms with Gasteiger partial charge in [-0.1, -0.05) is 17.7 Å². The molecule has 0 spiro atoms. The molecule has 124 valence electrons. The van der Waals surface area contributed by atoms with E-state index in [4.69, 9.17) is 0 Å². The molecule has 4 heteroatoms. The van der Waals surface area contributed by atoms with Crippen LogP contribution in [0.1, 0.15) is 44.7 Å². The molecule has 1 aromatic carbocycles. The van der Waals surface area contributed by atoms with Gasteiger partial charge in [-0.15, -0.1) is 0 Å². The molecule has 0 radical (unpaired) electrons. The van der Waals surface area contributed by atoms with Gasteiger partial charge < -0.3 is 4.90 Å². The number of aryl methyl sites for hydroxylation is 2. The van der Waals surface area contributed by atoms with E-state index in [1.54, 1.807) is 24.5 Å². The largest absolute Gasteiger partial charge is 0.339 e. The summed E-state index contributed by atoms with van der Waals surface area (Å²) in [7, 11) is 0. The Kier molecular flexibility index (Phi) is 4.74. The van der Waals surface area contributed by atoms with Crippen molar-refractivity contribution in [3.8, 4) is 0 Å². The Morgan fingerprint density at radius 2 is 1.71 bits per heavy atom. The average molecular weight is 322 g/mol. The quantitative estimate of drug-likeness (QED) is 0.814. The zero-order valence-electron chi connectivity index (χ0n) is 14.2. The molecule has 0 unspecified atom stereocenters. The standard InChI is InChI=1S/C20H22N2O2/c1-14-3-4-15(2)18(13-14)19(23)16-7-11-22(12-8-16)20(24)17-5-9-21-10-6-17/h3-6,9-10,13,16H,7-8,11-12H2,1-2H3. The number of carbonyl (C=O) groups is 2. The Morgan fingerprint density at radius 3 is 2.38 bits per heavy atom. The molecular weight excluding hydrogens is 300 g/mol. The van der Waals surface area contributed by atoms with Gasteiger partial charge in [0.1, 0.15) is 0 Å². The fourth-order valence-electron chi connectivity index (χ4n) is 3.24. The molecule has 0 saturated carbocycles. The maximum Gasteiger partial charge on any atom is 0.253 e. The summed E-state index contributed by atoms with van der Waals surface area (Å²) in [6.45, 7) is 5.24. The van der Waals surface area contributed by atoms with Crippen molar-refractivity contribution >= 4 is 11.7 Å². The van der Waals surface area contributed by atoms with Crippen molar-refractivity contribution in [1.82, 2.24) is 9.88 Å². The molecule has 24 heavy (non-hydrogen) atoms. The summed E-state index contributed by atoms with van der Waals surface area (Å²) in [4.78, 5) is 31.0. The van der Waals surface area contributed by atoms with E-state index in [1.807, 2.05) is 36.9 Å². The van der Waals surface area contributed by atoms with Gasteiger partial charge in [0.2, 0.25) is 0 Å². The third-order valence-corrected chi connectivity index (χ3v) is 4.74. The molecule has 0 bridgehead atoms. The van der Waals surface area contributed by atoms with Crippen LogP contribution in [-0.4, -0.2) is 34.7 Å². The predicted octanol–water partition coefficient (Wildman–Crippen LogP) is 3.43. The number of hydrogen-bond donors (Lipinski definition) is 0. The third-order valence-electron chi connectivity index (χ3n) is 4.74. The molecule has 4 nitrogen and oxygen atoms in total. The summed E-state index contributed by atoms with van der Waals surface area (Å²) in [5.74, 6) is 0.245. The van der Waals surface area contributed by atoms with Gasteiger partial charge in [0.25, 0.3) is 5.91 Å². The van der Waals surface area contributed by atoms with Crippen molar-refractivity contribution in [3.05, 3.63) is 65.0 Å². The van der Waals surface area contributed by atoms with Crippen LogP contribution in [0.5, 0.6) is 0 Å². The fourth-order valence-corrected chi connectivity index (χ4v) is 3.24. The smallest absolute Gasteiger partial charge is 0.253 e. The van der Waals surface area contributed by atoms with Gasteiger partial charge >= 0.3 is 0 Å². The topological polar surface area (TPSA) is 50.3 Å². The van der Waals surface area contributed by atoms with Gasteiger partial charge in [-0.3, -0.25) is 14.6 Å². The first kappa shape index (κ1) is 16.4. The molecular formula is C20H22N2O2. The van der Waals surface area contributed by atoms with Crippen LogP contribution in [-0.2, 0) is 0 Å². The average Bonchev–Trinajstić information content (AvgIpc) is 2.63. The third kappa shape index (κ3) is 3.37. The first-order chi connectivity index (χ1) is 11.6. The van der Waals surface area contributed by atoms with E-state index in [9.17, 15) is 9.59 Å². The SMILES string of the molecule is Cc1ccc(C)c(C(=O)C2CCN(C(=O)c3ccncc3)CC2)c1. The monoisotopic (exact) mass is 322 g/mol. The number of benzene rings is 1. The molecule has 1 aromatic heterocycles. The summed E-state index contributed by atoms with van der Waals surface area (Å²) in [5, 5.41) is 0. The molecule has 1 aliphatic rings. The number of carbonyl (C=O) groups excluding carboxylic acids is 2. The Hall–Kier alpha value is -2.49. The lowest BCUT2D eigenvalue weighted by molar-refractivity contribution is 0.0650. The summed E-state index contributed by atoms with van der Waals surface area (Å²) >= 11 is 0. The fraction of sp³-hybridized carbons (Fsp3) is 0.350. The lowest BCUT2D eigenvalue weighted by atomic mass is 9.86. The number of Topliss-reactive ketones (excluding diaryl/α,β-unsaturated/α-hetero) is 1. The predicted molar refractivity (Wildman–Crippen MR) is 93.1 cm³/mol. The van der Waals surface area contributed by atoms with Crippen LogP contribution in [0.2, 0.25) is 0 Å². The van der Waals surface area contributed by atoms with E-state index in [1.165, 1.54) is 0 Å². The molecule has 1 aliphatic heterocycles. The first-order valence-electron chi connectivity index (χ1n) is 8.37. The Balaban J connectivity index is 1.66. The lowest BCUT2D eigenvalue weighted by Gasteiger charge is -2.31. The van der Waals surface area contributed by atoms with E-state index in [0.29, 0.717) is 18.7 Å². The number of piperidine rings is 1. The molecule has 0 N–H and O–H groups in total. The summed E-state index contributed by atoms with van der Waals surface area (Å²) in [6, 6.07) is 9.48. The minimum Gasteiger partial charge on any atom is -0.339 e. The molecule has 2 heterocycles. The maximum absolute atomic E-state index is 12.8. The highest BCUT2D eigenvalue weighted by molar-refractivity contribution is 5.99. The maximum atomic E-state index is 12.8. The van der Waals surface area contributed by atoms with Crippen LogP contribution >= 0.6 is 0 Å². The number of pyridine rings is 1. The number of rotatable bonds is 3. The van der Waals surface area contributed by atoms with Gasteiger partial charge in [-0.25, -0.2) is 0 Å². The van der Waals surface area contributed by atoms with Crippen LogP contribution in [0.25, 0.3) is 0 Å². The lowest BCUT2D eigenvalue weighted by Crippen LogP contribution is -2.40. The second kappa shape index (κ2) is 6.95. The molecule has 1 fully saturated rings. The normalized spacial score (nSPS) is 15.3. The van der Waals surface area contributed by atoms with Crippen LogP contribution in [0, 0.1) is 19.8 Å². The van der Waals surface area contributed by atoms with Crippen molar-refractivity contribution in [1.29, 1.82) is 0 Å². The van der Waals surface area contributed by atoms with Crippen molar-refractivity contribution in [3.63, 3.8) is 0 Å². The second-order valence-corrected chi connectivity index (χ2v) is 6.48. The number of aromatic nitrogens is 1. The highest BCUT2D eigenvalue weighted by Crippen LogP contribution is 2.24. The Bertz CT molecular complexity index is 747. The van der Waals surface area contributed by atoms with Crippen LogP contribution in [0.3, 0.4) is 0 Å². The second-order valence-electron chi connectivity index (χ2n) is 6.48. The molecule has 0 atom stereocenters. The number of amides is 1. The first-order valence-corrected chi connectivity index (χ1v) is 8.37. The van der Waals surface area contributed by atoms with Gasteiger partial charge in [-0.05, 0) is 50.5 Å². The highest BCUT2D eigenvalue weighted by Gasteiger charge is 2.29. The van der Waals surface area contributed by atoms with E-state index >= 15 is 0 Å². The molecule has 1 saturated heterocycles. The molecule has 3 rings (SSSR count). The summed E-state index contributed by atoms with van der Waals surface area (Å²) in [5.41, 5.74) is 3.62. The van der Waals surface area contributed by atoms with E-state index < -0.39 is 0 Å². The Labute approximate surface area is 142 Å². The van der Waals surface area contributed by atoms with Gasteiger partial charge in [0.15, 0.2) is 5.78 Å². The molecule has 0 aliphatic carbocycles. The molecule has 1 amide bonds. The summed E-state index contributed by atoms with van der Waals surface area (Å²) in [6.07, 6.45) is 4.71. The minimum atomic E-state index is 0.00647. The van der Waals surface area contributed by atoms with Gasteiger partial charge in [0.05, 0.1) is 0 Å². The minimum absolute atomic E-state index is 0.00647.